The molecule has 1 heterocycles. The highest BCUT2D eigenvalue weighted by Crippen LogP contribution is 2.18. The van der Waals surface area contributed by atoms with Crippen LogP contribution in [0.25, 0.3) is 0 Å². The SMILES string of the molecule is CCCC(CCC)C(=O)Nc1ccc(CC(=O)N2CCOCC2)cc1. The summed E-state index contributed by atoms with van der Waals surface area (Å²) in [6.45, 7) is 6.79. The Bertz CT molecular complexity index is 545. The smallest absolute Gasteiger partial charge is 0.227 e. The Balaban J connectivity index is 1.88. The second-order valence-corrected chi connectivity index (χ2v) is 6.63. The minimum Gasteiger partial charge on any atom is -0.378 e. The number of anilines is 1. The molecule has 5 heteroatoms. The lowest BCUT2D eigenvalue weighted by Gasteiger charge is -2.26. The van der Waals surface area contributed by atoms with Gasteiger partial charge in [0.1, 0.15) is 0 Å². The first-order valence-electron chi connectivity index (χ1n) is 9.39. The monoisotopic (exact) mass is 346 g/mol. The average molecular weight is 346 g/mol. The molecule has 25 heavy (non-hydrogen) atoms. The Kier molecular flexibility index (Phi) is 7.92. The van der Waals surface area contributed by atoms with Gasteiger partial charge in [-0.3, -0.25) is 9.59 Å². The Morgan fingerprint density at radius 1 is 1.08 bits per heavy atom. The molecule has 1 aliphatic heterocycles. The van der Waals surface area contributed by atoms with Crippen molar-refractivity contribution >= 4 is 17.5 Å². The van der Waals surface area contributed by atoms with E-state index < -0.39 is 0 Å². The molecule has 0 atom stereocenters. The number of nitrogens with zero attached hydrogens (tertiary/aromatic N) is 1. The van der Waals surface area contributed by atoms with Crippen LogP contribution in [0.2, 0.25) is 0 Å². The van der Waals surface area contributed by atoms with E-state index in [1.165, 1.54) is 0 Å². The Morgan fingerprint density at radius 3 is 2.24 bits per heavy atom. The van der Waals surface area contributed by atoms with Gasteiger partial charge in [-0.2, -0.15) is 0 Å². The van der Waals surface area contributed by atoms with Crippen LogP contribution in [0.15, 0.2) is 24.3 Å². The van der Waals surface area contributed by atoms with Crippen molar-refractivity contribution in [1.82, 2.24) is 4.90 Å². The van der Waals surface area contributed by atoms with Gasteiger partial charge in [0.05, 0.1) is 19.6 Å². The van der Waals surface area contributed by atoms with Crippen molar-refractivity contribution < 1.29 is 14.3 Å². The van der Waals surface area contributed by atoms with E-state index >= 15 is 0 Å². The number of carbonyl (C=O) groups is 2. The van der Waals surface area contributed by atoms with Crippen molar-refractivity contribution in [3.05, 3.63) is 29.8 Å². The van der Waals surface area contributed by atoms with Gasteiger partial charge in [-0.15, -0.1) is 0 Å². The van der Waals surface area contributed by atoms with Gasteiger partial charge in [-0.25, -0.2) is 0 Å². The summed E-state index contributed by atoms with van der Waals surface area (Å²) in [7, 11) is 0. The molecule has 1 aliphatic rings. The maximum Gasteiger partial charge on any atom is 0.227 e. The van der Waals surface area contributed by atoms with Crippen molar-refractivity contribution in [2.75, 3.05) is 31.6 Å². The molecule has 1 aromatic carbocycles. The second kappa shape index (κ2) is 10.2. The van der Waals surface area contributed by atoms with Gasteiger partial charge in [0.2, 0.25) is 11.8 Å². The molecule has 0 spiro atoms. The summed E-state index contributed by atoms with van der Waals surface area (Å²) in [6, 6.07) is 7.61. The number of benzene rings is 1. The third-order valence-electron chi connectivity index (χ3n) is 4.59. The van der Waals surface area contributed by atoms with E-state index in [-0.39, 0.29) is 17.7 Å². The van der Waals surface area contributed by atoms with Crippen LogP contribution in [0.3, 0.4) is 0 Å². The number of ether oxygens (including phenoxy) is 1. The van der Waals surface area contributed by atoms with Crippen LogP contribution in [0.4, 0.5) is 5.69 Å². The average Bonchev–Trinajstić information content (AvgIpc) is 2.64. The summed E-state index contributed by atoms with van der Waals surface area (Å²) in [5.74, 6) is 0.310. The van der Waals surface area contributed by atoms with Crippen LogP contribution in [-0.4, -0.2) is 43.0 Å². The minimum absolute atomic E-state index is 0.0811. The van der Waals surface area contributed by atoms with Gasteiger partial charge >= 0.3 is 0 Å². The molecule has 1 aromatic rings. The Labute approximate surface area is 150 Å². The number of amides is 2. The molecule has 0 unspecified atom stereocenters. The molecule has 0 aliphatic carbocycles. The van der Waals surface area contributed by atoms with Crippen molar-refractivity contribution in [3.63, 3.8) is 0 Å². The topological polar surface area (TPSA) is 58.6 Å². The predicted molar refractivity (Wildman–Crippen MR) is 99.5 cm³/mol. The zero-order valence-electron chi connectivity index (χ0n) is 15.4. The number of hydrogen-bond acceptors (Lipinski definition) is 3. The number of rotatable bonds is 8. The largest absolute Gasteiger partial charge is 0.378 e. The molecule has 0 bridgehead atoms. The highest BCUT2D eigenvalue weighted by atomic mass is 16.5. The van der Waals surface area contributed by atoms with E-state index in [1.54, 1.807) is 0 Å². The van der Waals surface area contributed by atoms with E-state index in [9.17, 15) is 9.59 Å². The first kappa shape index (κ1) is 19.4. The van der Waals surface area contributed by atoms with Crippen LogP contribution in [0, 0.1) is 5.92 Å². The van der Waals surface area contributed by atoms with E-state index in [4.69, 9.17) is 4.74 Å². The highest BCUT2D eigenvalue weighted by molar-refractivity contribution is 5.92. The third-order valence-corrected chi connectivity index (χ3v) is 4.59. The molecule has 2 amide bonds. The molecule has 0 aromatic heterocycles. The fraction of sp³-hybridized carbons (Fsp3) is 0.600. The van der Waals surface area contributed by atoms with Crippen molar-refractivity contribution in [2.24, 2.45) is 5.92 Å². The molecule has 5 nitrogen and oxygen atoms in total. The molecule has 1 N–H and O–H groups in total. The third kappa shape index (κ3) is 6.16. The summed E-state index contributed by atoms with van der Waals surface area (Å²) in [5.41, 5.74) is 1.76. The predicted octanol–water partition coefficient (Wildman–Crippen LogP) is 3.24. The molecular formula is C20H30N2O3. The van der Waals surface area contributed by atoms with Gasteiger partial charge < -0.3 is 15.0 Å². The van der Waals surface area contributed by atoms with Gasteiger partial charge in [0, 0.05) is 24.7 Å². The number of carbonyl (C=O) groups excluding carboxylic acids is 2. The quantitative estimate of drug-likeness (QED) is 0.786. The van der Waals surface area contributed by atoms with Crippen LogP contribution in [0.5, 0.6) is 0 Å². The zero-order chi connectivity index (χ0) is 18.1. The van der Waals surface area contributed by atoms with Crippen LogP contribution in [0.1, 0.15) is 45.1 Å². The molecular weight excluding hydrogens is 316 g/mol. The Morgan fingerprint density at radius 2 is 1.68 bits per heavy atom. The summed E-state index contributed by atoms with van der Waals surface area (Å²) in [5, 5.41) is 3.00. The lowest BCUT2D eigenvalue weighted by molar-refractivity contribution is -0.134. The lowest BCUT2D eigenvalue weighted by Crippen LogP contribution is -2.41. The van der Waals surface area contributed by atoms with Crippen LogP contribution >= 0.6 is 0 Å². The standard InChI is InChI=1S/C20H30N2O3/c1-3-5-17(6-4-2)20(24)21-18-9-7-16(8-10-18)15-19(23)22-11-13-25-14-12-22/h7-10,17H,3-6,11-15H2,1-2H3,(H,21,24). The first-order chi connectivity index (χ1) is 12.1. The van der Waals surface area contributed by atoms with E-state index in [0.29, 0.717) is 32.7 Å². The fourth-order valence-corrected chi connectivity index (χ4v) is 3.15. The summed E-state index contributed by atoms with van der Waals surface area (Å²) >= 11 is 0. The molecule has 138 valence electrons. The van der Waals surface area contributed by atoms with Gasteiger partial charge in [-0.05, 0) is 30.5 Å². The van der Waals surface area contributed by atoms with Crippen molar-refractivity contribution in [3.8, 4) is 0 Å². The summed E-state index contributed by atoms with van der Waals surface area (Å²) < 4.78 is 5.27. The lowest BCUT2D eigenvalue weighted by atomic mass is 9.97. The molecule has 0 saturated carbocycles. The first-order valence-corrected chi connectivity index (χ1v) is 9.39. The summed E-state index contributed by atoms with van der Waals surface area (Å²) in [6.07, 6.45) is 4.27. The van der Waals surface area contributed by atoms with E-state index in [1.807, 2.05) is 29.2 Å². The maximum absolute atomic E-state index is 12.4. The summed E-state index contributed by atoms with van der Waals surface area (Å²) in [4.78, 5) is 26.5. The molecule has 1 saturated heterocycles. The van der Waals surface area contributed by atoms with Gasteiger partial charge in [-0.1, -0.05) is 38.8 Å². The zero-order valence-corrected chi connectivity index (χ0v) is 15.4. The highest BCUT2D eigenvalue weighted by Gasteiger charge is 2.18. The number of morpholine rings is 1. The molecule has 1 fully saturated rings. The molecule has 0 radical (unpaired) electrons. The number of hydrogen-bond donors (Lipinski definition) is 1. The normalized spacial score (nSPS) is 14.6. The van der Waals surface area contributed by atoms with Crippen LogP contribution < -0.4 is 5.32 Å². The minimum atomic E-state index is 0.0811. The van der Waals surface area contributed by atoms with Crippen molar-refractivity contribution in [1.29, 1.82) is 0 Å². The Hall–Kier alpha value is -1.88. The maximum atomic E-state index is 12.4. The van der Waals surface area contributed by atoms with Crippen molar-refractivity contribution in [2.45, 2.75) is 46.0 Å². The van der Waals surface area contributed by atoms with Crippen LogP contribution in [-0.2, 0) is 20.7 Å². The molecule has 2 rings (SSSR count). The van der Waals surface area contributed by atoms with E-state index in [0.717, 1.165) is 36.9 Å². The fourth-order valence-electron chi connectivity index (χ4n) is 3.15. The number of nitrogens with one attached hydrogen (secondary N) is 1. The van der Waals surface area contributed by atoms with Gasteiger partial charge in [0.25, 0.3) is 0 Å². The van der Waals surface area contributed by atoms with Gasteiger partial charge in [0.15, 0.2) is 0 Å². The van der Waals surface area contributed by atoms with E-state index in [2.05, 4.69) is 19.2 Å². The second-order valence-electron chi connectivity index (χ2n) is 6.63.